The van der Waals surface area contributed by atoms with Gasteiger partial charge in [0.2, 0.25) is 5.95 Å². The third-order valence-electron chi connectivity index (χ3n) is 3.32. The van der Waals surface area contributed by atoms with E-state index in [2.05, 4.69) is 37.7 Å². The van der Waals surface area contributed by atoms with Crippen molar-refractivity contribution in [2.24, 2.45) is 0 Å². The maximum absolute atomic E-state index is 6.13. The SMILES string of the molecule is CCc1[nH]nc2c1Nc1ncc(Cl)c(n1)N[C@H](C)CCO2. The summed E-state index contributed by atoms with van der Waals surface area (Å²) in [5.41, 5.74) is 1.73. The first kappa shape index (κ1) is 13.9. The van der Waals surface area contributed by atoms with Crippen molar-refractivity contribution < 1.29 is 4.74 Å². The van der Waals surface area contributed by atoms with Crippen LogP contribution in [0.2, 0.25) is 5.02 Å². The zero-order chi connectivity index (χ0) is 14.8. The molecule has 8 heteroatoms. The van der Waals surface area contributed by atoms with Gasteiger partial charge in [0.05, 0.1) is 18.5 Å². The van der Waals surface area contributed by atoms with Gasteiger partial charge in [-0.3, -0.25) is 5.10 Å². The Kier molecular flexibility index (Phi) is 3.83. The predicted octanol–water partition coefficient (Wildman–Crippen LogP) is 2.74. The zero-order valence-corrected chi connectivity index (χ0v) is 12.7. The van der Waals surface area contributed by atoms with E-state index in [0.29, 0.717) is 29.3 Å². The lowest BCUT2D eigenvalue weighted by molar-refractivity contribution is 0.294. The van der Waals surface area contributed by atoms with Crippen LogP contribution in [0.4, 0.5) is 17.5 Å². The second-order valence-corrected chi connectivity index (χ2v) is 5.34. The number of hydrogen-bond donors (Lipinski definition) is 3. The van der Waals surface area contributed by atoms with Crippen LogP contribution in [0.15, 0.2) is 6.20 Å². The number of aryl methyl sites for hydroxylation is 1. The van der Waals surface area contributed by atoms with Crippen molar-refractivity contribution in [1.82, 2.24) is 20.2 Å². The molecule has 0 saturated carbocycles. The van der Waals surface area contributed by atoms with Crippen LogP contribution in [0.5, 0.6) is 5.88 Å². The van der Waals surface area contributed by atoms with Crippen LogP contribution >= 0.6 is 11.6 Å². The number of halogens is 1. The number of anilines is 3. The third-order valence-corrected chi connectivity index (χ3v) is 3.59. The summed E-state index contributed by atoms with van der Waals surface area (Å²) in [7, 11) is 0. The number of aromatic nitrogens is 4. The summed E-state index contributed by atoms with van der Waals surface area (Å²) in [6.07, 6.45) is 3.19. The standard InChI is InChI=1S/C13H17ClN6O/c1-3-9-10-12(20-19-9)21-5-4-7(2)16-11-8(14)6-15-13(17-10)18-11/h6-7H,3-5H2,1-2H3,(H,19,20)(H2,15,16,17,18)/t7-/m1/s1. The Morgan fingerprint density at radius 1 is 1.48 bits per heavy atom. The van der Waals surface area contributed by atoms with Gasteiger partial charge in [-0.05, 0) is 13.3 Å². The first-order valence-electron chi connectivity index (χ1n) is 6.93. The lowest BCUT2D eigenvalue weighted by Crippen LogP contribution is -2.19. The van der Waals surface area contributed by atoms with Crippen LogP contribution in [-0.2, 0) is 6.42 Å². The van der Waals surface area contributed by atoms with Crippen LogP contribution in [-0.4, -0.2) is 32.8 Å². The Labute approximate surface area is 127 Å². The summed E-state index contributed by atoms with van der Waals surface area (Å²) in [6, 6.07) is 0.177. The van der Waals surface area contributed by atoms with E-state index in [4.69, 9.17) is 16.3 Å². The minimum absolute atomic E-state index is 0.177. The molecule has 1 aliphatic heterocycles. The highest BCUT2D eigenvalue weighted by atomic mass is 35.5. The molecule has 0 aromatic carbocycles. The molecule has 0 spiro atoms. The Morgan fingerprint density at radius 2 is 2.33 bits per heavy atom. The Hall–Kier alpha value is -2.02. The molecular weight excluding hydrogens is 292 g/mol. The van der Waals surface area contributed by atoms with Crippen LogP contribution in [0.1, 0.15) is 26.0 Å². The van der Waals surface area contributed by atoms with Gasteiger partial charge >= 0.3 is 0 Å². The molecule has 2 aromatic heterocycles. The van der Waals surface area contributed by atoms with E-state index in [1.165, 1.54) is 0 Å². The molecule has 2 bridgehead atoms. The Morgan fingerprint density at radius 3 is 3.14 bits per heavy atom. The fourth-order valence-corrected chi connectivity index (χ4v) is 2.27. The molecule has 0 aliphatic carbocycles. The maximum atomic E-state index is 6.13. The average Bonchev–Trinajstić information content (AvgIpc) is 2.83. The van der Waals surface area contributed by atoms with E-state index in [1.54, 1.807) is 6.20 Å². The van der Waals surface area contributed by atoms with Gasteiger partial charge in [0.1, 0.15) is 10.7 Å². The van der Waals surface area contributed by atoms with Gasteiger partial charge in [-0.1, -0.05) is 18.5 Å². The fraction of sp³-hybridized carbons (Fsp3) is 0.462. The quantitative estimate of drug-likeness (QED) is 0.751. The summed E-state index contributed by atoms with van der Waals surface area (Å²) in [5.74, 6) is 1.62. The molecule has 21 heavy (non-hydrogen) atoms. The average molecular weight is 309 g/mol. The molecule has 3 rings (SSSR count). The van der Waals surface area contributed by atoms with Gasteiger partial charge in [0, 0.05) is 12.5 Å². The molecule has 0 fully saturated rings. The third kappa shape index (κ3) is 2.87. The molecule has 7 nitrogen and oxygen atoms in total. The van der Waals surface area contributed by atoms with E-state index in [1.807, 2.05) is 6.92 Å². The minimum atomic E-state index is 0.177. The second-order valence-electron chi connectivity index (χ2n) is 4.93. The summed E-state index contributed by atoms with van der Waals surface area (Å²) in [6.45, 7) is 4.64. The van der Waals surface area contributed by atoms with Gasteiger partial charge in [-0.25, -0.2) is 4.98 Å². The highest BCUT2D eigenvalue weighted by Gasteiger charge is 2.18. The van der Waals surface area contributed by atoms with E-state index in [-0.39, 0.29) is 6.04 Å². The molecule has 0 amide bonds. The topological polar surface area (TPSA) is 87.8 Å². The predicted molar refractivity (Wildman–Crippen MR) is 81.5 cm³/mol. The largest absolute Gasteiger partial charge is 0.475 e. The fourth-order valence-electron chi connectivity index (χ4n) is 2.13. The number of fused-ring (bicyclic) bond motifs is 3. The van der Waals surface area contributed by atoms with Crippen molar-refractivity contribution in [3.63, 3.8) is 0 Å². The number of hydrogen-bond acceptors (Lipinski definition) is 6. The van der Waals surface area contributed by atoms with Crippen molar-refractivity contribution in [3.8, 4) is 5.88 Å². The minimum Gasteiger partial charge on any atom is -0.475 e. The molecule has 1 aliphatic rings. The van der Waals surface area contributed by atoms with Crippen molar-refractivity contribution in [2.75, 3.05) is 17.2 Å². The summed E-state index contributed by atoms with van der Waals surface area (Å²) < 4.78 is 5.75. The molecule has 1 atom stereocenters. The Balaban J connectivity index is 2.02. The molecule has 3 heterocycles. The van der Waals surface area contributed by atoms with Gasteiger partial charge in [0.15, 0.2) is 5.82 Å². The number of nitrogens with one attached hydrogen (secondary N) is 3. The smallest absolute Gasteiger partial charge is 0.256 e. The van der Waals surface area contributed by atoms with Crippen LogP contribution in [0, 0.1) is 0 Å². The van der Waals surface area contributed by atoms with Crippen molar-refractivity contribution in [3.05, 3.63) is 16.9 Å². The van der Waals surface area contributed by atoms with Crippen LogP contribution in [0.3, 0.4) is 0 Å². The van der Waals surface area contributed by atoms with E-state index in [0.717, 1.165) is 24.2 Å². The maximum Gasteiger partial charge on any atom is 0.256 e. The van der Waals surface area contributed by atoms with Crippen molar-refractivity contribution in [1.29, 1.82) is 0 Å². The second kappa shape index (κ2) is 5.77. The number of H-pyrrole nitrogens is 1. The summed E-state index contributed by atoms with van der Waals surface area (Å²) >= 11 is 6.13. The molecule has 0 radical (unpaired) electrons. The lowest BCUT2D eigenvalue weighted by atomic mass is 10.2. The van der Waals surface area contributed by atoms with Gasteiger partial charge in [-0.2, -0.15) is 4.98 Å². The van der Waals surface area contributed by atoms with Gasteiger partial charge in [-0.15, -0.1) is 5.10 Å². The number of nitrogens with zero attached hydrogens (tertiary/aromatic N) is 3. The van der Waals surface area contributed by atoms with Crippen LogP contribution in [0.25, 0.3) is 0 Å². The molecule has 0 unspecified atom stereocenters. The van der Waals surface area contributed by atoms with Crippen molar-refractivity contribution >= 4 is 29.1 Å². The lowest BCUT2D eigenvalue weighted by Gasteiger charge is -2.14. The normalized spacial score (nSPS) is 17.8. The molecule has 0 saturated heterocycles. The Bertz CT molecular complexity index is 644. The van der Waals surface area contributed by atoms with E-state index < -0.39 is 0 Å². The molecule has 2 aromatic rings. The van der Waals surface area contributed by atoms with E-state index >= 15 is 0 Å². The number of aromatic amines is 1. The monoisotopic (exact) mass is 308 g/mol. The van der Waals surface area contributed by atoms with Gasteiger partial charge in [0.25, 0.3) is 5.88 Å². The molecular formula is C13H17ClN6O. The number of ether oxygens (including phenoxy) is 1. The number of rotatable bonds is 1. The zero-order valence-electron chi connectivity index (χ0n) is 11.9. The van der Waals surface area contributed by atoms with Gasteiger partial charge < -0.3 is 15.4 Å². The first-order valence-corrected chi connectivity index (χ1v) is 7.31. The highest BCUT2D eigenvalue weighted by Crippen LogP contribution is 2.30. The summed E-state index contributed by atoms with van der Waals surface area (Å²) in [4.78, 5) is 8.62. The molecule has 3 N–H and O–H groups in total. The highest BCUT2D eigenvalue weighted by molar-refractivity contribution is 6.32. The molecule has 112 valence electrons. The van der Waals surface area contributed by atoms with Crippen molar-refractivity contribution in [2.45, 2.75) is 32.7 Å². The van der Waals surface area contributed by atoms with E-state index in [9.17, 15) is 0 Å². The summed E-state index contributed by atoms with van der Waals surface area (Å²) in [5, 5.41) is 14.1. The first-order chi connectivity index (χ1) is 10.2. The van der Waals surface area contributed by atoms with Crippen LogP contribution < -0.4 is 15.4 Å².